The molecule has 0 bridgehead atoms. The Balaban J connectivity index is 1.59. The number of nitrogens with one attached hydrogen (secondary N) is 1. The van der Waals surface area contributed by atoms with Crippen LogP contribution in [0.2, 0.25) is 0 Å². The van der Waals surface area contributed by atoms with Gasteiger partial charge in [0.25, 0.3) is 0 Å². The number of aliphatic hydroxyl groups excluding tert-OH is 1. The molecule has 1 saturated carbocycles. The van der Waals surface area contributed by atoms with Crippen molar-refractivity contribution in [2.24, 2.45) is 5.41 Å². The molecule has 2 unspecified atom stereocenters. The minimum Gasteiger partial charge on any atom is -0.461 e. The van der Waals surface area contributed by atoms with Crippen molar-refractivity contribution in [1.29, 1.82) is 0 Å². The van der Waals surface area contributed by atoms with Crippen molar-refractivity contribution < 1.29 is 14.3 Å². The van der Waals surface area contributed by atoms with Crippen molar-refractivity contribution in [2.75, 3.05) is 0 Å². The van der Waals surface area contributed by atoms with E-state index in [0.29, 0.717) is 18.0 Å². The van der Waals surface area contributed by atoms with E-state index < -0.39 is 0 Å². The van der Waals surface area contributed by atoms with Gasteiger partial charge in [0.05, 0.1) is 12.4 Å². The standard InChI is InChI=1S/C13H17N5O3/c1-13(2)9(6-10(13)19)14-11(20)7-18-16-12(15-17-18)8-4-3-5-21-8/h3-5,9-10,19H,6-7H2,1-2H3,(H,14,20). The smallest absolute Gasteiger partial charge is 0.243 e. The lowest BCUT2D eigenvalue weighted by atomic mass is 9.64. The first kappa shape index (κ1) is 13.7. The number of hydrogen-bond acceptors (Lipinski definition) is 6. The molecule has 2 atom stereocenters. The van der Waals surface area contributed by atoms with Crippen molar-refractivity contribution in [3.05, 3.63) is 18.4 Å². The molecule has 1 amide bonds. The molecule has 21 heavy (non-hydrogen) atoms. The number of hydrogen-bond donors (Lipinski definition) is 2. The van der Waals surface area contributed by atoms with Crippen LogP contribution in [0.4, 0.5) is 0 Å². The maximum atomic E-state index is 12.0. The predicted octanol–water partition coefficient (Wildman–Crippen LogP) is 0.209. The van der Waals surface area contributed by atoms with Crippen molar-refractivity contribution in [2.45, 2.75) is 39.0 Å². The van der Waals surface area contributed by atoms with Gasteiger partial charge in [0, 0.05) is 11.5 Å². The zero-order valence-electron chi connectivity index (χ0n) is 11.9. The predicted molar refractivity (Wildman–Crippen MR) is 71.9 cm³/mol. The maximum absolute atomic E-state index is 12.0. The maximum Gasteiger partial charge on any atom is 0.243 e. The van der Waals surface area contributed by atoms with Crippen LogP contribution in [-0.4, -0.2) is 43.4 Å². The number of rotatable bonds is 4. The molecular weight excluding hydrogens is 274 g/mol. The molecular formula is C13H17N5O3. The third-order valence-corrected chi connectivity index (χ3v) is 4.03. The molecule has 2 aromatic rings. The molecule has 112 valence electrons. The van der Waals surface area contributed by atoms with E-state index in [2.05, 4.69) is 20.7 Å². The Morgan fingerprint density at radius 3 is 3.05 bits per heavy atom. The number of aromatic nitrogens is 4. The average Bonchev–Trinajstić information content (AvgIpc) is 3.08. The van der Waals surface area contributed by atoms with Gasteiger partial charge in [0.1, 0.15) is 6.54 Å². The molecule has 0 spiro atoms. The van der Waals surface area contributed by atoms with Gasteiger partial charge >= 0.3 is 0 Å². The summed E-state index contributed by atoms with van der Waals surface area (Å²) in [6.45, 7) is 3.83. The number of amides is 1. The molecule has 0 aromatic carbocycles. The molecule has 1 aliphatic rings. The number of furan rings is 1. The third-order valence-electron chi connectivity index (χ3n) is 4.03. The largest absolute Gasteiger partial charge is 0.461 e. The molecule has 0 aliphatic heterocycles. The summed E-state index contributed by atoms with van der Waals surface area (Å²) in [6.07, 6.45) is 1.71. The molecule has 1 fully saturated rings. The van der Waals surface area contributed by atoms with Crippen LogP contribution >= 0.6 is 0 Å². The van der Waals surface area contributed by atoms with Gasteiger partial charge in [-0.25, -0.2) is 0 Å². The Morgan fingerprint density at radius 1 is 1.62 bits per heavy atom. The van der Waals surface area contributed by atoms with E-state index in [1.165, 1.54) is 11.1 Å². The summed E-state index contributed by atoms with van der Waals surface area (Å²) in [5.41, 5.74) is -0.301. The highest BCUT2D eigenvalue weighted by atomic mass is 16.3. The van der Waals surface area contributed by atoms with E-state index in [1.54, 1.807) is 12.1 Å². The lowest BCUT2D eigenvalue weighted by Gasteiger charge is -2.49. The van der Waals surface area contributed by atoms with Gasteiger partial charge in [0.2, 0.25) is 11.7 Å². The van der Waals surface area contributed by atoms with Crippen LogP contribution < -0.4 is 5.32 Å². The van der Waals surface area contributed by atoms with Crippen molar-refractivity contribution in [1.82, 2.24) is 25.5 Å². The third kappa shape index (κ3) is 2.54. The van der Waals surface area contributed by atoms with E-state index in [4.69, 9.17) is 4.42 Å². The lowest BCUT2D eigenvalue weighted by Crippen LogP contribution is -2.61. The summed E-state index contributed by atoms with van der Waals surface area (Å²) in [5, 5.41) is 24.3. The molecule has 1 aliphatic carbocycles. The molecule has 2 aromatic heterocycles. The highest BCUT2D eigenvalue weighted by Gasteiger charge is 2.47. The van der Waals surface area contributed by atoms with Crippen LogP contribution in [-0.2, 0) is 11.3 Å². The second-order valence-electron chi connectivity index (χ2n) is 5.81. The van der Waals surface area contributed by atoms with Gasteiger partial charge in [0.15, 0.2) is 5.76 Å². The van der Waals surface area contributed by atoms with E-state index in [1.807, 2.05) is 13.8 Å². The van der Waals surface area contributed by atoms with Gasteiger partial charge in [-0.2, -0.15) is 4.80 Å². The number of carbonyl (C=O) groups is 1. The highest BCUT2D eigenvalue weighted by molar-refractivity contribution is 5.76. The summed E-state index contributed by atoms with van der Waals surface area (Å²) < 4.78 is 5.16. The van der Waals surface area contributed by atoms with Gasteiger partial charge < -0.3 is 14.8 Å². The Kier molecular flexibility index (Phi) is 3.25. The first-order valence-corrected chi connectivity index (χ1v) is 6.76. The fourth-order valence-electron chi connectivity index (χ4n) is 2.33. The highest BCUT2D eigenvalue weighted by Crippen LogP contribution is 2.40. The minimum absolute atomic E-state index is 0.0175. The molecule has 8 heteroatoms. The van der Waals surface area contributed by atoms with Gasteiger partial charge in [-0.1, -0.05) is 13.8 Å². The second-order valence-corrected chi connectivity index (χ2v) is 5.81. The number of nitrogens with zero attached hydrogens (tertiary/aromatic N) is 4. The van der Waals surface area contributed by atoms with E-state index in [-0.39, 0.29) is 30.0 Å². The van der Waals surface area contributed by atoms with Crippen LogP contribution in [0.25, 0.3) is 11.6 Å². The summed E-state index contributed by atoms with van der Waals surface area (Å²) in [6, 6.07) is 3.42. The van der Waals surface area contributed by atoms with Gasteiger partial charge in [-0.15, -0.1) is 10.2 Å². The average molecular weight is 291 g/mol. The van der Waals surface area contributed by atoms with E-state index in [9.17, 15) is 9.90 Å². The molecule has 8 nitrogen and oxygen atoms in total. The van der Waals surface area contributed by atoms with E-state index >= 15 is 0 Å². The van der Waals surface area contributed by atoms with Crippen molar-refractivity contribution in [3.8, 4) is 11.6 Å². The molecule has 2 heterocycles. The van der Waals surface area contributed by atoms with Crippen LogP contribution in [0.5, 0.6) is 0 Å². The minimum atomic E-state index is -0.377. The topological polar surface area (TPSA) is 106 Å². The zero-order chi connectivity index (χ0) is 15.0. The zero-order valence-corrected chi connectivity index (χ0v) is 11.9. The van der Waals surface area contributed by atoms with Crippen molar-refractivity contribution in [3.63, 3.8) is 0 Å². The Hall–Kier alpha value is -2.22. The van der Waals surface area contributed by atoms with E-state index in [0.717, 1.165) is 0 Å². The van der Waals surface area contributed by atoms with Crippen molar-refractivity contribution >= 4 is 5.91 Å². The SMILES string of the molecule is CC1(C)C(O)CC1NC(=O)Cn1nnc(-c2ccco2)n1. The van der Waals surface area contributed by atoms with Crippen LogP contribution in [0.1, 0.15) is 20.3 Å². The first-order valence-electron chi connectivity index (χ1n) is 6.76. The molecule has 0 radical (unpaired) electrons. The summed E-state index contributed by atoms with van der Waals surface area (Å²) in [5.74, 6) is 0.639. The van der Waals surface area contributed by atoms with Crippen LogP contribution in [0, 0.1) is 5.41 Å². The van der Waals surface area contributed by atoms with Gasteiger partial charge in [-0.3, -0.25) is 4.79 Å². The fourth-order valence-corrected chi connectivity index (χ4v) is 2.33. The summed E-state index contributed by atoms with van der Waals surface area (Å²) in [4.78, 5) is 13.2. The second kappa shape index (κ2) is 4.96. The Labute approximate surface area is 121 Å². The molecule has 0 saturated heterocycles. The quantitative estimate of drug-likeness (QED) is 0.834. The monoisotopic (exact) mass is 291 g/mol. The Morgan fingerprint density at radius 2 is 2.43 bits per heavy atom. The summed E-state index contributed by atoms with van der Waals surface area (Å²) in [7, 11) is 0. The fraction of sp³-hybridized carbons (Fsp3) is 0.538. The first-order chi connectivity index (χ1) is 9.96. The van der Waals surface area contributed by atoms with Crippen LogP contribution in [0.3, 0.4) is 0 Å². The number of aliphatic hydroxyl groups is 1. The number of tetrazole rings is 1. The lowest BCUT2D eigenvalue weighted by molar-refractivity contribution is -0.130. The Bertz CT molecular complexity index is 634. The molecule has 2 N–H and O–H groups in total. The number of carbonyl (C=O) groups excluding carboxylic acids is 1. The summed E-state index contributed by atoms with van der Waals surface area (Å²) >= 11 is 0. The molecule has 3 rings (SSSR count). The normalized spacial score (nSPS) is 23.6. The van der Waals surface area contributed by atoms with Gasteiger partial charge in [-0.05, 0) is 23.8 Å². The van der Waals surface area contributed by atoms with Crippen LogP contribution in [0.15, 0.2) is 22.8 Å².